The second kappa shape index (κ2) is 7.19. The summed E-state index contributed by atoms with van der Waals surface area (Å²) in [7, 11) is 1.99. The highest BCUT2D eigenvalue weighted by Gasteiger charge is 2.23. The van der Waals surface area contributed by atoms with Crippen molar-refractivity contribution >= 4 is 11.8 Å². The van der Waals surface area contributed by atoms with Crippen LogP contribution in [0.4, 0.5) is 0 Å². The molecule has 1 aromatic rings. The van der Waals surface area contributed by atoms with Gasteiger partial charge in [-0.2, -0.15) is 16.9 Å². The van der Waals surface area contributed by atoms with E-state index in [1.54, 1.807) is 0 Å². The number of aryl methyl sites for hydroxylation is 2. The van der Waals surface area contributed by atoms with Gasteiger partial charge < -0.3 is 5.32 Å². The Morgan fingerprint density at radius 1 is 1.56 bits per heavy atom. The fraction of sp³-hybridized carbons (Fsp3) is 0.786. The van der Waals surface area contributed by atoms with E-state index < -0.39 is 0 Å². The molecule has 0 saturated carbocycles. The standard InChI is InChI=1S/C14H25N3S/c1-3-15-13(14-6-4-5-9-18-14)8-7-12-10-16-17(2)11-12/h10-11,13-15H,3-9H2,1-2H3. The Kier molecular flexibility index (Phi) is 5.57. The molecule has 3 nitrogen and oxygen atoms in total. The van der Waals surface area contributed by atoms with Gasteiger partial charge in [0.15, 0.2) is 0 Å². The van der Waals surface area contributed by atoms with E-state index in [1.807, 2.05) is 17.9 Å². The number of thioether (sulfide) groups is 1. The molecule has 0 radical (unpaired) electrons. The molecule has 0 spiro atoms. The first kappa shape index (κ1) is 13.9. The Labute approximate surface area is 115 Å². The van der Waals surface area contributed by atoms with Crippen LogP contribution in [0.25, 0.3) is 0 Å². The molecule has 0 amide bonds. The van der Waals surface area contributed by atoms with Crippen LogP contribution in [0.2, 0.25) is 0 Å². The molecule has 2 rings (SSSR count). The number of nitrogens with zero attached hydrogens (tertiary/aromatic N) is 2. The van der Waals surface area contributed by atoms with Crippen molar-refractivity contribution in [1.82, 2.24) is 15.1 Å². The van der Waals surface area contributed by atoms with E-state index in [0.717, 1.165) is 18.2 Å². The molecule has 1 saturated heterocycles. The van der Waals surface area contributed by atoms with Crippen molar-refractivity contribution in [3.8, 4) is 0 Å². The van der Waals surface area contributed by atoms with Crippen molar-refractivity contribution in [2.45, 2.75) is 50.3 Å². The maximum absolute atomic E-state index is 4.24. The van der Waals surface area contributed by atoms with Crippen molar-refractivity contribution in [2.75, 3.05) is 12.3 Å². The van der Waals surface area contributed by atoms with Gasteiger partial charge in [-0.15, -0.1) is 0 Å². The summed E-state index contributed by atoms with van der Waals surface area (Å²) in [6, 6.07) is 0.667. The van der Waals surface area contributed by atoms with Gasteiger partial charge >= 0.3 is 0 Å². The fourth-order valence-electron chi connectivity index (χ4n) is 2.69. The number of hydrogen-bond donors (Lipinski definition) is 1. The Hall–Kier alpha value is -0.480. The molecule has 1 N–H and O–H groups in total. The summed E-state index contributed by atoms with van der Waals surface area (Å²) >= 11 is 2.17. The van der Waals surface area contributed by atoms with Crippen LogP contribution in [0.1, 0.15) is 38.2 Å². The average molecular weight is 267 g/mol. The summed E-state index contributed by atoms with van der Waals surface area (Å²) in [4.78, 5) is 0. The molecule has 0 aliphatic carbocycles. The van der Waals surface area contributed by atoms with Gasteiger partial charge in [-0.05, 0) is 43.5 Å². The molecule has 18 heavy (non-hydrogen) atoms. The van der Waals surface area contributed by atoms with Crippen molar-refractivity contribution in [2.24, 2.45) is 7.05 Å². The Bertz CT molecular complexity index is 345. The minimum atomic E-state index is 0.667. The molecule has 1 fully saturated rings. The summed E-state index contributed by atoms with van der Waals surface area (Å²) in [5.41, 5.74) is 1.36. The topological polar surface area (TPSA) is 29.9 Å². The van der Waals surface area contributed by atoms with Crippen molar-refractivity contribution in [3.63, 3.8) is 0 Å². The first-order valence-electron chi connectivity index (χ1n) is 7.12. The third kappa shape index (κ3) is 4.02. The highest BCUT2D eigenvalue weighted by atomic mass is 32.2. The summed E-state index contributed by atoms with van der Waals surface area (Å²) in [5, 5.41) is 8.74. The first-order valence-corrected chi connectivity index (χ1v) is 8.17. The van der Waals surface area contributed by atoms with Gasteiger partial charge in [-0.1, -0.05) is 13.3 Å². The minimum absolute atomic E-state index is 0.667. The maximum Gasteiger partial charge on any atom is 0.0521 e. The average Bonchev–Trinajstić information content (AvgIpc) is 2.81. The minimum Gasteiger partial charge on any atom is -0.313 e. The van der Waals surface area contributed by atoms with Gasteiger partial charge in [-0.3, -0.25) is 4.68 Å². The zero-order valence-electron chi connectivity index (χ0n) is 11.6. The monoisotopic (exact) mass is 267 g/mol. The van der Waals surface area contributed by atoms with Crippen LogP contribution < -0.4 is 5.32 Å². The Balaban J connectivity index is 1.85. The van der Waals surface area contributed by atoms with Crippen LogP contribution >= 0.6 is 11.8 Å². The molecular formula is C14H25N3S. The van der Waals surface area contributed by atoms with E-state index in [2.05, 4.69) is 35.3 Å². The Morgan fingerprint density at radius 3 is 3.06 bits per heavy atom. The third-order valence-corrected chi connectivity index (χ3v) is 5.15. The highest BCUT2D eigenvalue weighted by Crippen LogP contribution is 2.29. The van der Waals surface area contributed by atoms with E-state index in [0.29, 0.717) is 6.04 Å². The molecule has 1 aliphatic heterocycles. The predicted molar refractivity (Wildman–Crippen MR) is 79.1 cm³/mol. The summed E-state index contributed by atoms with van der Waals surface area (Å²) in [5.74, 6) is 1.35. The second-order valence-electron chi connectivity index (χ2n) is 5.13. The number of nitrogens with one attached hydrogen (secondary N) is 1. The molecule has 2 unspecified atom stereocenters. The van der Waals surface area contributed by atoms with Crippen LogP contribution in [0.5, 0.6) is 0 Å². The largest absolute Gasteiger partial charge is 0.313 e. The van der Waals surface area contributed by atoms with Crippen molar-refractivity contribution in [1.29, 1.82) is 0 Å². The van der Waals surface area contributed by atoms with Crippen LogP contribution in [0.15, 0.2) is 12.4 Å². The Morgan fingerprint density at radius 2 is 2.44 bits per heavy atom. The normalized spacial score (nSPS) is 22.0. The highest BCUT2D eigenvalue weighted by molar-refractivity contribution is 8.00. The van der Waals surface area contributed by atoms with Crippen LogP contribution in [-0.2, 0) is 13.5 Å². The first-order chi connectivity index (χ1) is 8.79. The summed E-state index contributed by atoms with van der Waals surface area (Å²) in [6.45, 7) is 3.29. The van der Waals surface area contributed by atoms with E-state index in [9.17, 15) is 0 Å². The van der Waals surface area contributed by atoms with E-state index >= 15 is 0 Å². The molecule has 0 bridgehead atoms. The van der Waals surface area contributed by atoms with Gasteiger partial charge in [-0.25, -0.2) is 0 Å². The van der Waals surface area contributed by atoms with Gasteiger partial charge in [0.2, 0.25) is 0 Å². The second-order valence-corrected chi connectivity index (χ2v) is 6.48. The van der Waals surface area contributed by atoms with Crippen molar-refractivity contribution < 1.29 is 0 Å². The lowest BCUT2D eigenvalue weighted by atomic mass is 10.0. The molecule has 1 aliphatic rings. The molecule has 0 aromatic carbocycles. The van der Waals surface area contributed by atoms with Gasteiger partial charge in [0.25, 0.3) is 0 Å². The van der Waals surface area contributed by atoms with Gasteiger partial charge in [0.05, 0.1) is 6.20 Å². The maximum atomic E-state index is 4.24. The molecular weight excluding hydrogens is 242 g/mol. The van der Waals surface area contributed by atoms with E-state index in [4.69, 9.17) is 0 Å². The predicted octanol–water partition coefficient (Wildman–Crippen LogP) is 2.62. The van der Waals surface area contributed by atoms with E-state index in [1.165, 1.54) is 37.0 Å². The summed E-state index contributed by atoms with van der Waals surface area (Å²) in [6.07, 6.45) is 10.7. The SMILES string of the molecule is CCNC(CCc1cnn(C)c1)C1CCCCS1. The molecule has 102 valence electrons. The van der Waals surface area contributed by atoms with Crippen LogP contribution in [-0.4, -0.2) is 33.4 Å². The number of aromatic nitrogens is 2. The van der Waals surface area contributed by atoms with Crippen LogP contribution in [0, 0.1) is 0 Å². The molecule has 2 atom stereocenters. The molecule has 1 aromatic heterocycles. The molecule has 4 heteroatoms. The van der Waals surface area contributed by atoms with Crippen LogP contribution in [0.3, 0.4) is 0 Å². The van der Waals surface area contributed by atoms with Gasteiger partial charge in [0, 0.05) is 24.5 Å². The number of hydrogen-bond acceptors (Lipinski definition) is 3. The zero-order valence-corrected chi connectivity index (χ0v) is 12.4. The van der Waals surface area contributed by atoms with E-state index in [-0.39, 0.29) is 0 Å². The van der Waals surface area contributed by atoms with Gasteiger partial charge in [0.1, 0.15) is 0 Å². The summed E-state index contributed by atoms with van der Waals surface area (Å²) < 4.78 is 1.90. The number of rotatable bonds is 6. The third-order valence-electron chi connectivity index (χ3n) is 3.63. The lowest BCUT2D eigenvalue weighted by molar-refractivity contribution is 0.449. The smallest absolute Gasteiger partial charge is 0.0521 e. The fourth-order valence-corrected chi connectivity index (χ4v) is 4.16. The quantitative estimate of drug-likeness (QED) is 0.859. The zero-order chi connectivity index (χ0) is 12.8. The lowest BCUT2D eigenvalue weighted by Crippen LogP contribution is -2.39. The molecule has 2 heterocycles. The lowest BCUT2D eigenvalue weighted by Gasteiger charge is -2.30. The van der Waals surface area contributed by atoms with Crippen molar-refractivity contribution in [3.05, 3.63) is 18.0 Å².